The molecular formula is C19H22N2O5S. The highest BCUT2D eigenvalue weighted by Gasteiger charge is 2.19. The fraction of sp³-hybridized carbons (Fsp3) is 0.263. The first kappa shape index (κ1) is 20.4. The number of hydrogen-bond acceptors (Lipinski definition) is 6. The van der Waals surface area contributed by atoms with E-state index in [4.69, 9.17) is 4.74 Å². The molecule has 8 heteroatoms. The first-order chi connectivity index (χ1) is 12.6. The molecule has 0 unspecified atom stereocenters. The molecule has 1 N–H and O–H groups in total. The quantitative estimate of drug-likeness (QED) is 0.761. The molecule has 1 atom stereocenters. The average molecular weight is 390 g/mol. The van der Waals surface area contributed by atoms with Gasteiger partial charge in [0.15, 0.2) is 15.9 Å². The van der Waals surface area contributed by atoms with Gasteiger partial charge in [0.05, 0.1) is 10.5 Å². The summed E-state index contributed by atoms with van der Waals surface area (Å²) in [6.07, 6.45) is 0.0678. The second-order valence-corrected chi connectivity index (χ2v) is 8.29. The highest BCUT2D eigenvalue weighted by Crippen LogP contribution is 2.16. The number of nitrogens with zero attached hydrogens (tertiary/aromatic N) is 1. The number of sulfone groups is 1. The number of carbonyl (C=O) groups is 2. The van der Waals surface area contributed by atoms with Crippen molar-refractivity contribution in [3.05, 3.63) is 54.1 Å². The van der Waals surface area contributed by atoms with Crippen molar-refractivity contribution in [1.82, 2.24) is 0 Å². The molecule has 2 aromatic rings. The highest BCUT2D eigenvalue weighted by molar-refractivity contribution is 7.90. The van der Waals surface area contributed by atoms with E-state index in [0.29, 0.717) is 5.69 Å². The minimum absolute atomic E-state index is 0.103. The molecule has 1 amide bonds. The van der Waals surface area contributed by atoms with Crippen LogP contribution in [0.2, 0.25) is 0 Å². The van der Waals surface area contributed by atoms with Crippen molar-refractivity contribution in [1.29, 1.82) is 0 Å². The summed E-state index contributed by atoms with van der Waals surface area (Å²) in [6, 6.07) is 12.6. The maximum atomic E-state index is 12.2. The monoisotopic (exact) mass is 390 g/mol. The lowest BCUT2D eigenvalue weighted by Crippen LogP contribution is -2.30. The standard InChI is InChI=1S/C19H22N2O5S/c1-13(18(22)20-15-7-9-16(10-8-15)21(2)3)26-19(23)14-5-11-17(12-6-14)27(4,24)25/h5-13H,1-4H3,(H,20,22)/t13-/m0/s1. The van der Waals surface area contributed by atoms with Gasteiger partial charge in [-0.25, -0.2) is 13.2 Å². The molecule has 2 aromatic carbocycles. The first-order valence-corrected chi connectivity index (χ1v) is 10.1. The van der Waals surface area contributed by atoms with Gasteiger partial charge in [-0.3, -0.25) is 4.79 Å². The Morgan fingerprint density at radius 3 is 2.04 bits per heavy atom. The van der Waals surface area contributed by atoms with Crippen molar-refractivity contribution in [2.24, 2.45) is 0 Å². The second-order valence-electron chi connectivity index (χ2n) is 6.27. The summed E-state index contributed by atoms with van der Waals surface area (Å²) < 4.78 is 28.0. The maximum Gasteiger partial charge on any atom is 0.338 e. The van der Waals surface area contributed by atoms with Crippen LogP contribution in [-0.4, -0.2) is 46.7 Å². The molecular weight excluding hydrogens is 368 g/mol. The van der Waals surface area contributed by atoms with Crippen LogP contribution >= 0.6 is 0 Å². The number of amides is 1. The predicted molar refractivity (Wildman–Crippen MR) is 104 cm³/mol. The van der Waals surface area contributed by atoms with Crippen molar-refractivity contribution < 1.29 is 22.7 Å². The van der Waals surface area contributed by atoms with E-state index in [9.17, 15) is 18.0 Å². The SMILES string of the molecule is C[C@H](OC(=O)c1ccc(S(C)(=O)=O)cc1)C(=O)Nc1ccc(N(C)C)cc1. The van der Waals surface area contributed by atoms with Gasteiger partial charge in [0.2, 0.25) is 0 Å². The highest BCUT2D eigenvalue weighted by atomic mass is 32.2. The van der Waals surface area contributed by atoms with E-state index in [-0.39, 0.29) is 10.5 Å². The van der Waals surface area contributed by atoms with Gasteiger partial charge in [0.1, 0.15) is 0 Å². The lowest BCUT2D eigenvalue weighted by Gasteiger charge is -2.15. The molecule has 27 heavy (non-hydrogen) atoms. The molecule has 0 bridgehead atoms. The minimum atomic E-state index is -3.34. The van der Waals surface area contributed by atoms with Crippen molar-refractivity contribution >= 4 is 33.1 Å². The molecule has 7 nitrogen and oxygen atoms in total. The summed E-state index contributed by atoms with van der Waals surface area (Å²) in [5.74, 6) is -1.17. The number of hydrogen-bond donors (Lipinski definition) is 1. The number of benzene rings is 2. The van der Waals surface area contributed by atoms with Crippen molar-refractivity contribution in [2.45, 2.75) is 17.9 Å². The lowest BCUT2D eigenvalue weighted by atomic mass is 10.2. The molecule has 0 fully saturated rings. The van der Waals surface area contributed by atoms with Gasteiger partial charge in [-0.1, -0.05) is 0 Å². The third-order valence-corrected chi connectivity index (χ3v) is 4.95. The fourth-order valence-electron chi connectivity index (χ4n) is 2.21. The number of nitrogens with one attached hydrogen (secondary N) is 1. The lowest BCUT2D eigenvalue weighted by molar-refractivity contribution is -0.123. The molecule has 0 saturated heterocycles. The van der Waals surface area contributed by atoms with E-state index in [1.165, 1.54) is 31.2 Å². The summed E-state index contributed by atoms with van der Waals surface area (Å²) in [7, 11) is 0.484. The molecule has 0 aliphatic carbocycles. The van der Waals surface area contributed by atoms with Crippen molar-refractivity contribution in [3.8, 4) is 0 Å². The number of ether oxygens (including phenoxy) is 1. The zero-order valence-electron chi connectivity index (χ0n) is 15.6. The number of anilines is 2. The topological polar surface area (TPSA) is 92.8 Å². The Balaban J connectivity index is 1.97. The second kappa shape index (κ2) is 8.22. The van der Waals surface area contributed by atoms with Gasteiger partial charge in [0, 0.05) is 31.7 Å². The number of rotatable bonds is 6. The van der Waals surface area contributed by atoms with Crippen LogP contribution in [-0.2, 0) is 19.4 Å². The van der Waals surface area contributed by atoms with E-state index >= 15 is 0 Å². The normalized spacial score (nSPS) is 12.1. The van der Waals surface area contributed by atoms with E-state index < -0.39 is 27.8 Å². The fourth-order valence-corrected chi connectivity index (χ4v) is 2.84. The van der Waals surface area contributed by atoms with Crippen molar-refractivity contribution in [2.75, 3.05) is 30.6 Å². The van der Waals surface area contributed by atoms with Gasteiger partial charge < -0.3 is 15.0 Å². The third kappa shape index (κ3) is 5.55. The maximum absolute atomic E-state index is 12.2. The van der Waals surface area contributed by atoms with Gasteiger partial charge >= 0.3 is 5.97 Å². The molecule has 2 rings (SSSR count). The zero-order valence-corrected chi connectivity index (χ0v) is 16.4. The Bertz CT molecular complexity index is 920. The molecule has 0 aliphatic rings. The Labute approximate surface area is 158 Å². The largest absolute Gasteiger partial charge is 0.449 e. The van der Waals surface area contributed by atoms with Crippen LogP contribution in [0.3, 0.4) is 0 Å². The summed E-state index contributed by atoms with van der Waals surface area (Å²) in [6.45, 7) is 1.46. The van der Waals surface area contributed by atoms with Gasteiger partial charge in [-0.05, 0) is 55.5 Å². The van der Waals surface area contributed by atoms with Crippen LogP contribution in [0.1, 0.15) is 17.3 Å². The summed E-state index contributed by atoms with van der Waals surface area (Å²) in [5.41, 5.74) is 1.74. The third-order valence-electron chi connectivity index (χ3n) is 3.82. The van der Waals surface area contributed by atoms with Crippen LogP contribution in [0.15, 0.2) is 53.4 Å². The Kier molecular flexibility index (Phi) is 6.22. The van der Waals surface area contributed by atoms with Crippen LogP contribution in [0, 0.1) is 0 Å². The van der Waals surface area contributed by atoms with E-state index in [1.54, 1.807) is 12.1 Å². The Hall–Kier alpha value is -2.87. The van der Waals surface area contributed by atoms with Gasteiger partial charge in [-0.2, -0.15) is 0 Å². The number of carbonyl (C=O) groups excluding carboxylic acids is 2. The minimum Gasteiger partial charge on any atom is -0.449 e. The van der Waals surface area contributed by atoms with Crippen LogP contribution in [0.25, 0.3) is 0 Å². The van der Waals surface area contributed by atoms with E-state index in [0.717, 1.165) is 11.9 Å². The molecule has 0 aliphatic heterocycles. The summed E-state index contributed by atoms with van der Waals surface area (Å²) in [4.78, 5) is 26.4. The Morgan fingerprint density at radius 1 is 1.00 bits per heavy atom. The van der Waals surface area contributed by atoms with E-state index in [2.05, 4.69) is 5.32 Å². The molecule has 0 aromatic heterocycles. The van der Waals surface area contributed by atoms with Crippen molar-refractivity contribution in [3.63, 3.8) is 0 Å². The molecule has 0 saturated carbocycles. The predicted octanol–water partition coefficient (Wildman–Crippen LogP) is 2.34. The summed E-state index contributed by atoms with van der Waals surface area (Å²) in [5, 5.41) is 2.68. The average Bonchev–Trinajstić information content (AvgIpc) is 2.61. The van der Waals surface area contributed by atoms with Crippen LogP contribution in [0.4, 0.5) is 11.4 Å². The number of esters is 1. The molecule has 0 spiro atoms. The van der Waals surface area contributed by atoms with Gasteiger partial charge in [0.25, 0.3) is 5.91 Å². The zero-order chi connectivity index (χ0) is 20.2. The first-order valence-electron chi connectivity index (χ1n) is 8.17. The molecule has 0 radical (unpaired) electrons. The molecule has 0 heterocycles. The smallest absolute Gasteiger partial charge is 0.338 e. The van der Waals surface area contributed by atoms with E-state index in [1.807, 2.05) is 31.1 Å². The van der Waals surface area contributed by atoms with Gasteiger partial charge in [-0.15, -0.1) is 0 Å². The van der Waals surface area contributed by atoms with Crippen LogP contribution in [0.5, 0.6) is 0 Å². The Morgan fingerprint density at radius 2 is 1.56 bits per heavy atom. The molecule has 144 valence electrons. The van der Waals surface area contributed by atoms with Crippen LogP contribution < -0.4 is 10.2 Å². The summed E-state index contributed by atoms with van der Waals surface area (Å²) >= 11 is 0.